The van der Waals surface area contributed by atoms with E-state index in [0.717, 1.165) is 30.4 Å². The van der Waals surface area contributed by atoms with Gasteiger partial charge in [0.25, 0.3) is 0 Å². The van der Waals surface area contributed by atoms with Crippen LogP contribution in [0, 0.1) is 11.7 Å². The Kier molecular flexibility index (Phi) is 6.38. The van der Waals surface area contributed by atoms with Gasteiger partial charge in [-0.05, 0) is 55.4 Å². The van der Waals surface area contributed by atoms with Gasteiger partial charge in [0.2, 0.25) is 11.8 Å². The lowest BCUT2D eigenvalue weighted by atomic mass is 9.92. The maximum absolute atomic E-state index is 14.6. The molecular formula is C24H26ClFN2O2. The molecule has 2 amide bonds. The SMILES string of the molecule is O=C(CCc1ccccc1)N1CCC(C(=O)N2CCCc3cc(Cl)cc(F)c32)CC1. The molecule has 2 aromatic rings. The zero-order chi connectivity index (χ0) is 21.1. The number of halogens is 2. The van der Waals surface area contributed by atoms with Crippen LogP contribution < -0.4 is 4.90 Å². The highest BCUT2D eigenvalue weighted by atomic mass is 35.5. The first-order valence-corrected chi connectivity index (χ1v) is 11.0. The van der Waals surface area contributed by atoms with Crippen LogP contribution in [0.25, 0.3) is 0 Å². The zero-order valence-corrected chi connectivity index (χ0v) is 17.7. The standard InChI is InChI=1S/C24H26ClFN2O2/c25-20-15-19-7-4-12-28(23(19)21(26)16-20)24(30)18-10-13-27(14-11-18)22(29)9-8-17-5-2-1-3-6-17/h1-3,5-6,15-16,18H,4,7-14H2. The van der Waals surface area contributed by atoms with Gasteiger partial charge in [-0.1, -0.05) is 41.9 Å². The normalized spacial score (nSPS) is 17.0. The molecule has 0 N–H and O–H groups in total. The molecule has 0 spiro atoms. The molecule has 0 radical (unpaired) electrons. The minimum atomic E-state index is -0.431. The van der Waals surface area contributed by atoms with Gasteiger partial charge in [0, 0.05) is 37.0 Å². The molecular weight excluding hydrogens is 403 g/mol. The second kappa shape index (κ2) is 9.17. The summed E-state index contributed by atoms with van der Waals surface area (Å²) in [5, 5.41) is 0.364. The largest absolute Gasteiger partial charge is 0.343 e. The molecule has 4 rings (SSSR count). The molecule has 1 saturated heterocycles. The first-order chi connectivity index (χ1) is 14.5. The van der Waals surface area contributed by atoms with Crippen LogP contribution in [0.15, 0.2) is 42.5 Å². The summed E-state index contributed by atoms with van der Waals surface area (Å²) in [6, 6.07) is 13.0. The number of hydrogen-bond acceptors (Lipinski definition) is 2. The number of likely N-dealkylation sites (tertiary alicyclic amines) is 1. The van der Waals surface area contributed by atoms with E-state index in [1.165, 1.54) is 6.07 Å². The van der Waals surface area contributed by atoms with Crippen molar-refractivity contribution in [2.45, 2.75) is 38.5 Å². The Morgan fingerprint density at radius 3 is 2.53 bits per heavy atom. The molecule has 0 aromatic heterocycles. The van der Waals surface area contributed by atoms with Gasteiger partial charge < -0.3 is 9.80 Å². The fourth-order valence-corrected chi connectivity index (χ4v) is 4.75. The number of carbonyl (C=O) groups is 2. The quantitative estimate of drug-likeness (QED) is 0.712. The number of carbonyl (C=O) groups excluding carboxylic acids is 2. The number of piperidine rings is 1. The van der Waals surface area contributed by atoms with E-state index in [4.69, 9.17) is 11.6 Å². The molecule has 2 aliphatic rings. The van der Waals surface area contributed by atoms with Crippen LogP contribution in [0.1, 0.15) is 36.8 Å². The third kappa shape index (κ3) is 4.51. The summed E-state index contributed by atoms with van der Waals surface area (Å²) < 4.78 is 14.6. The lowest BCUT2D eigenvalue weighted by Crippen LogP contribution is -2.46. The van der Waals surface area contributed by atoms with Gasteiger partial charge in [0.1, 0.15) is 5.82 Å². The summed E-state index contributed by atoms with van der Waals surface area (Å²) in [7, 11) is 0. The Labute approximate surface area is 181 Å². The lowest BCUT2D eigenvalue weighted by molar-refractivity contribution is -0.134. The molecule has 0 atom stereocenters. The molecule has 30 heavy (non-hydrogen) atoms. The van der Waals surface area contributed by atoms with E-state index < -0.39 is 5.82 Å². The Hall–Kier alpha value is -2.40. The second-order valence-electron chi connectivity index (χ2n) is 8.13. The highest BCUT2D eigenvalue weighted by molar-refractivity contribution is 6.30. The summed E-state index contributed by atoms with van der Waals surface area (Å²) in [4.78, 5) is 29.2. The summed E-state index contributed by atoms with van der Waals surface area (Å²) in [6.45, 7) is 1.68. The van der Waals surface area contributed by atoms with Crippen LogP contribution in [0.4, 0.5) is 10.1 Å². The number of fused-ring (bicyclic) bond motifs is 1. The lowest BCUT2D eigenvalue weighted by Gasteiger charge is -2.36. The molecule has 0 saturated carbocycles. The van der Waals surface area contributed by atoms with Crippen molar-refractivity contribution in [2.24, 2.45) is 5.92 Å². The number of benzene rings is 2. The second-order valence-corrected chi connectivity index (χ2v) is 8.57. The molecule has 4 nitrogen and oxygen atoms in total. The Balaban J connectivity index is 1.35. The van der Waals surface area contributed by atoms with Gasteiger partial charge in [0.05, 0.1) is 5.69 Å². The molecule has 6 heteroatoms. The molecule has 2 aliphatic heterocycles. The smallest absolute Gasteiger partial charge is 0.230 e. The van der Waals surface area contributed by atoms with E-state index in [1.807, 2.05) is 35.2 Å². The Morgan fingerprint density at radius 1 is 1.07 bits per heavy atom. The van der Waals surface area contributed by atoms with Gasteiger partial charge >= 0.3 is 0 Å². The maximum atomic E-state index is 14.6. The minimum Gasteiger partial charge on any atom is -0.343 e. The average molecular weight is 429 g/mol. The van der Waals surface area contributed by atoms with E-state index in [9.17, 15) is 14.0 Å². The highest BCUT2D eigenvalue weighted by Gasteiger charge is 2.33. The van der Waals surface area contributed by atoms with Crippen molar-refractivity contribution >= 4 is 29.1 Å². The van der Waals surface area contributed by atoms with Crippen LogP contribution in [0.2, 0.25) is 5.02 Å². The third-order valence-electron chi connectivity index (χ3n) is 6.14. The monoisotopic (exact) mass is 428 g/mol. The van der Waals surface area contributed by atoms with Crippen molar-refractivity contribution in [2.75, 3.05) is 24.5 Å². The summed E-state index contributed by atoms with van der Waals surface area (Å²) >= 11 is 5.99. The van der Waals surface area contributed by atoms with Crippen molar-refractivity contribution in [3.05, 3.63) is 64.4 Å². The van der Waals surface area contributed by atoms with Gasteiger partial charge in [0.15, 0.2) is 0 Å². The van der Waals surface area contributed by atoms with E-state index >= 15 is 0 Å². The van der Waals surface area contributed by atoms with Crippen LogP contribution in [-0.2, 0) is 22.4 Å². The molecule has 2 aromatic carbocycles. The van der Waals surface area contributed by atoms with E-state index in [0.29, 0.717) is 49.6 Å². The zero-order valence-electron chi connectivity index (χ0n) is 16.9. The van der Waals surface area contributed by atoms with Crippen molar-refractivity contribution in [3.8, 4) is 0 Å². The Morgan fingerprint density at radius 2 is 1.80 bits per heavy atom. The van der Waals surface area contributed by atoms with E-state index in [2.05, 4.69) is 0 Å². The van der Waals surface area contributed by atoms with Gasteiger partial charge in [-0.2, -0.15) is 0 Å². The molecule has 0 bridgehead atoms. The Bertz CT molecular complexity index is 926. The molecule has 0 unspecified atom stereocenters. The number of rotatable bonds is 4. The summed E-state index contributed by atoms with van der Waals surface area (Å²) in [6.07, 6.45) is 3.98. The average Bonchev–Trinajstić information content (AvgIpc) is 2.77. The van der Waals surface area contributed by atoms with Crippen molar-refractivity contribution in [3.63, 3.8) is 0 Å². The van der Waals surface area contributed by atoms with Crippen molar-refractivity contribution in [1.29, 1.82) is 0 Å². The van der Waals surface area contributed by atoms with Crippen molar-refractivity contribution in [1.82, 2.24) is 4.90 Å². The predicted octanol–water partition coefficient (Wildman–Crippen LogP) is 4.63. The van der Waals surface area contributed by atoms with Crippen LogP contribution in [0.5, 0.6) is 0 Å². The number of hydrogen-bond donors (Lipinski definition) is 0. The van der Waals surface area contributed by atoms with Gasteiger partial charge in [-0.25, -0.2) is 4.39 Å². The van der Waals surface area contributed by atoms with E-state index in [-0.39, 0.29) is 17.7 Å². The number of nitrogens with zero attached hydrogens (tertiary/aromatic N) is 2. The third-order valence-corrected chi connectivity index (χ3v) is 6.36. The van der Waals surface area contributed by atoms with Crippen LogP contribution in [0.3, 0.4) is 0 Å². The predicted molar refractivity (Wildman–Crippen MR) is 116 cm³/mol. The van der Waals surface area contributed by atoms with Gasteiger partial charge in [-0.3, -0.25) is 9.59 Å². The topological polar surface area (TPSA) is 40.6 Å². The molecule has 2 heterocycles. The highest BCUT2D eigenvalue weighted by Crippen LogP contribution is 2.35. The molecule has 1 fully saturated rings. The first kappa shape index (κ1) is 20.9. The maximum Gasteiger partial charge on any atom is 0.230 e. The number of amides is 2. The minimum absolute atomic E-state index is 0.0337. The van der Waals surface area contributed by atoms with Gasteiger partial charge in [-0.15, -0.1) is 0 Å². The van der Waals surface area contributed by atoms with Crippen LogP contribution >= 0.6 is 11.6 Å². The van der Waals surface area contributed by atoms with Crippen LogP contribution in [-0.4, -0.2) is 36.3 Å². The summed E-state index contributed by atoms with van der Waals surface area (Å²) in [5.41, 5.74) is 2.34. The number of aryl methyl sites for hydroxylation is 2. The molecule has 158 valence electrons. The first-order valence-electron chi connectivity index (χ1n) is 10.6. The van der Waals surface area contributed by atoms with Crippen molar-refractivity contribution < 1.29 is 14.0 Å². The van der Waals surface area contributed by atoms with E-state index in [1.54, 1.807) is 11.0 Å². The number of anilines is 1. The fraction of sp³-hybridized carbons (Fsp3) is 0.417. The summed E-state index contributed by atoms with van der Waals surface area (Å²) in [5.74, 6) is -0.509. The molecule has 0 aliphatic carbocycles. The fourth-order valence-electron chi connectivity index (χ4n) is 4.52.